The van der Waals surface area contributed by atoms with Crippen molar-refractivity contribution in [3.63, 3.8) is 0 Å². The number of nitrogens with zero attached hydrogens (tertiary/aromatic N) is 1. The van der Waals surface area contributed by atoms with Gasteiger partial charge in [-0.3, -0.25) is 0 Å². The molecule has 0 saturated carbocycles. The van der Waals surface area contributed by atoms with Gasteiger partial charge in [0, 0.05) is 6.04 Å². The number of pyridine rings is 1. The van der Waals surface area contributed by atoms with Gasteiger partial charge in [-0.15, -0.1) is 0 Å². The number of halogens is 1. The summed E-state index contributed by atoms with van der Waals surface area (Å²) >= 11 is 0. The minimum Gasteiger partial charge on any atom is -0.377 e. The first-order chi connectivity index (χ1) is 8.15. The summed E-state index contributed by atoms with van der Waals surface area (Å²) in [6.07, 6.45) is 1.50. The lowest BCUT2D eigenvalue weighted by Crippen LogP contribution is -2.06. The molecule has 3 heteroatoms. The molecule has 0 bridgehead atoms. The van der Waals surface area contributed by atoms with Gasteiger partial charge in [-0.05, 0) is 31.5 Å². The minimum atomic E-state index is -0.460. The molecule has 1 aromatic carbocycles. The Balaban J connectivity index is 2.08. The number of aromatic nitrogens is 1. The van der Waals surface area contributed by atoms with Crippen LogP contribution in [0.25, 0.3) is 0 Å². The highest BCUT2D eigenvalue weighted by atomic mass is 19.1. The van der Waals surface area contributed by atoms with Crippen molar-refractivity contribution in [3.8, 4) is 0 Å². The van der Waals surface area contributed by atoms with E-state index in [-0.39, 0.29) is 6.04 Å². The van der Waals surface area contributed by atoms with E-state index in [1.54, 1.807) is 6.07 Å². The van der Waals surface area contributed by atoms with E-state index in [4.69, 9.17) is 0 Å². The number of nitrogens with one attached hydrogen (secondary N) is 1. The van der Waals surface area contributed by atoms with E-state index in [2.05, 4.69) is 48.4 Å². The zero-order valence-corrected chi connectivity index (χ0v) is 9.94. The number of hydrogen-bond donors (Lipinski definition) is 1. The zero-order valence-electron chi connectivity index (χ0n) is 9.94. The fraction of sp³-hybridized carbons (Fsp3) is 0.214. The third kappa shape index (κ3) is 3.03. The first kappa shape index (κ1) is 11.6. The molecular weight excluding hydrogens is 215 g/mol. The summed E-state index contributed by atoms with van der Waals surface area (Å²) < 4.78 is 12.7. The summed E-state index contributed by atoms with van der Waals surface area (Å²) in [4.78, 5) is 3.61. The van der Waals surface area contributed by atoms with Crippen molar-refractivity contribution in [2.45, 2.75) is 19.9 Å². The summed E-state index contributed by atoms with van der Waals surface area (Å²) in [5.74, 6) is -0.460. The van der Waals surface area contributed by atoms with E-state index in [0.717, 1.165) is 5.69 Å². The maximum atomic E-state index is 12.7. The highest BCUT2D eigenvalue weighted by molar-refractivity contribution is 5.43. The van der Waals surface area contributed by atoms with Crippen LogP contribution >= 0.6 is 0 Å². The van der Waals surface area contributed by atoms with Crippen LogP contribution in [0, 0.1) is 12.9 Å². The molecule has 17 heavy (non-hydrogen) atoms. The molecule has 88 valence electrons. The smallest absolute Gasteiger partial charge is 0.212 e. The standard InChI is InChI=1S/C14H15FN2/c1-10-3-5-12(6-4-10)11(2)17-13-7-8-14(15)16-9-13/h3-9,11,17H,1-2H3. The van der Waals surface area contributed by atoms with Gasteiger partial charge in [0.15, 0.2) is 0 Å². The van der Waals surface area contributed by atoms with Crippen LogP contribution in [-0.4, -0.2) is 4.98 Å². The molecule has 0 radical (unpaired) electrons. The van der Waals surface area contributed by atoms with Crippen molar-refractivity contribution in [1.82, 2.24) is 4.98 Å². The maximum absolute atomic E-state index is 12.7. The fourth-order valence-electron chi connectivity index (χ4n) is 1.65. The van der Waals surface area contributed by atoms with E-state index in [9.17, 15) is 4.39 Å². The second-order valence-electron chi connectivity index (χ2n) is 4.15. The predicted molar refractivity (Wildman–Crippen MR) is 67.4 cm³/mol. The monoisotopic (exact) mass is 230 g/mol. The molecule has 2 nitrogen and oxygen atoms in total. The lowest BCUT2D eigenvalue weighted by atomic mass is 10.1. The van der Waals surface area contributed by atoms with Crippen LogP contribution in [0.1, 0.15) is 24.1 Å². The number of aryl methyl sites for hydroxylation is 1. The number of anilines is 1. The number of rotatable bonds is 3. The molecule has 1 N–H and O–H groups in total. The second kappa shape index (κ2) is 4.95. The van der Waals surface area contributed by atoms with Crippen LogP contribution in [0.3, 0.4) is 0 Å². The molecule has 1 atom stereocenters. The molecule has 2 rings (SSSR count). The Bertz CT molecular complexity index is 477. The van der Waals surface area contributed by atoms with E-state index in [0.29, 0.717) is 0 Å². The van der Waals surface area contributed by atoms with E-state index >= 15 is 0 Å². The van der Waals surface area contributed by atoms with E-state index < -0.39 is 5.95 Å². The van der Waals surface area contributed by atoms with Gasteiger partial charge in [0.1, 0.15) is 0 Å². The normalized spacial score (nSPS) is 12.2. The van der Waals surface area contributed by atoms with Crippen molar-refractivity contribution in [3.05, 3.63) is 59.7 Å². The molecule has 1 heterocycles. The highest BCUT2D eigenvalue weighted by Gasteiger charge is 2.05. The van der Waals surface area contributed by atoms with E-state index in [1.807, 2.05) is 0 Å². The Labute approximate surface area is 101 Å². The third-order valence-electron chi connectivity index (χ3n) is 2.69. The molecule has 0 aliphatic heterocycles. The fourth-order valence-corrected chi connectivity index (χ4v) is 1.65. The van der Waals surface area contributed by atoms with Crippen molar-refractivity contribution >= 4 is 5.69 Å². The average Bonchev–Trinajstić information content (AvgIpc) is 2.33. The molecule has 0 aliphatic rings. The molecule has 1 aromatic heterocycles. The Kier molecular flexibility index (Phi) is 3.38. The van der Waals surface area contributed by atoms with Crippen molar-refractivity contribution in [1.29, 1.82) is 0 Å². The van der Waals surface area contributed by atoms with E-state index in [1.165, 1.54) is 23.4 Å². The van der Waals surface area contributed by atoms with Crippen LogP contribution in [0.15, 0.2) is 42.6 Å². The molecule has 1 unspecified atom stereocenters. The minimum absolute atomic E-state index is 0.169. The average molecular weight is 230 g/mol. The van der Waals surface area contributed by atoms with Gasteiger partial charge in [-0.1, -0.05) is 29.8 Å². The van der Waals surface area contributed by atoms with Crippen molar-refractivity contribution in [2.75, 3.05) is 5.32 Å². The molecule has 0 saturated heterocycles. The molecule has 0 aliphatic carbocycles. The summed E-state index contributed by atoms with van der Waals surface area (Å²) in [7, 11) is 0. The molecular formula is C14H15FN2. The molecule has 2 aromatic rings. The van der Waals surface area contributed by atoms with Crippen molar-refractivity contribution in [2.24, 2.45) is 0 Å². The lowest BCUT2D eigenvalue weighted by Gasteiger charge is -2.15. The largest absolute Gasteiger partial charge is 0.377 e. The van der Waals surface area contributed by atoms with Gasteiger partial charge >= 0.3 is 0 Å². The molecule has 0 fully saturated rings. The summed E-state index contributed by atoms with van der Waals surface area (Å²) in [5.41, 5.74) is 3.25. The number of hydrogen-bond acceptors (Lipinski definition) is 2. The summed E-state index contributed by atoms with van der Waals surface area (Å²) in [5, 5.41) is 3.28. The Hall–Kier alpha value is -1.90. The maximum Gasteiger partial charge on any atom is 0.212 e. The Morgan fingerprint density at radius 2 is 1.82 bits per heavy atom. The van der Waals surface area contributed by atoms with Gasteiger partial charge in [0.25, 0.3) is 0 Å². The second-order valence-corrected chi connectivity index (χ2v) is 4.15. The zero-order chi connectivity index (χ0) is 12.3. The topological polar surface area (TPSA) is 24.9 Å². The Morgan fingerprint density at radius 3 is 2.41 bits per heavy atom. The van der Waals surface area contributed by atoms with Gasteiger partial charge in [-0.2, -0.15) is 4.39 Å². The molecule has 0 amide bonds. The van der Waals surface area contributed by atoms with Gasteiger partial charge < -0.3 is 5.32 Å². The lowest BCUT2D eigenvalue weighted by molar-refractivity contribution is 0.584. The molecule has 0 spiro atoms. The third-order valence-corrected chi connectivity index (χ3v) is 2.69. The first-order valence-corrected chi connectivity index (χ1v) is 5.60. The van der Waals surface area contributed by atoms with Gasteiger partial charge in [0.2, 0.25) is 5.95 Å². The Morgan fingerprint density at radius 1 is 1.12 bits per heavy atom. The predicted octanol–water partition coefficient (Wildman–Crippen LogP) is 3.70. The van der Waals surface area contributed by atoms with Crippen LogP contribution in [0.5, 0.6) is 0 Å². The quantitative estimate of drug-likeness (QED) is 0.813. The highest BCUT2D eigenvalue weighted by Crippen LogP contribution is 2.18. The number of benzene rings is 1. The van der Waals surface area contributed by atoms with Crippen LogP contribution in [0.4, 0.5) is 10.1 Å². The van der Waals surface area contributed by atoms with Crippen LogP contribution < -0.4 is 5.32 Å². The SMILES string of the molecule is Cc1ccc(C(C)Nc2ccc(F)nc2)cc1. The van der Waals surface area contributed by atoms with Crippen LogP contribution in [-0.2, 0) is 0 Å². The summed E-state index contributed by atoms with van der Waals surface area (Å²) in [6.45, 7) is 4.12. The first-order valence-electron chi connectivity index (χ1n) is 5.60. The van der Waals surface area contributed by atoms with Crippen molar-refractivity contribution < 1.29 is 4.39 Å². The van der Waals surface area contributed by atoms with Gasteiger partial charge in [-0.25, -0.2) is 4.98 Å². The summed E-state index contributed by atoms with van der Waals surface area (Å²) in [6, 6.07) is 11.5. The van der Waals surface area contributed by atoms with Gasteiger partial charge in [0.05, 0.1) is 11.9 Å². The van der Waals surface area contributed by atoms with Crippen LogP contribution in [0.2, 0.25) is 0 Å².